The molecule has 106 valence electrons. The van der Waals surface area contributed by atoms with Crippen LogP contribution in [0.2, 0.25) is 0 Å². The normalized spacial score (nSPS) is 28.1. The van der Waals surface area contributed by atoms with Gasteiger partial charge in [-0.15, -0.1) is 0 Å². The predicted molar refractivity (Wildman–Crippen MR) is 74.6 cm³/mol. The maximum Gasteiger partial charge on any atom is 0.320 e. The molecule has 1 rings (SSSR count). The molecule has 0 heterocycles. The van der Waals surface area contributed by atoms with E-state index in [1.807, 2.05) is 13.8 Å². The maximum atomic E-state index is 11.3. The van der Waals surface area contributed by atoms with E-state index in [4.69, 9.17) is 0 Å². The van der Waals surface area contributed by atoms with Crippen molar-refractivity contribution in [3.05, 3.63) is 0 Å². The van der Waals surface area contributed by atoms with Crippen LogP contribution >= 0.6 is 0 Å². The standard InChI is InChI=1S/C15H29NO2/c1-5-13(12-8-6-7-11(4)9-12)16-14(10(2)3)15(17)18/h10-14,16H,5-9H2,1-4H3,(H,17,18). The van der Waals surface area contributed by atoms with Gasteiger partial charge < -0.3 is 10.4 Å². The van der Waals surface area contributed by atoms with Crippen LogP contribution in [-0.4, -0.2) is 23.2 Å². The fourth-order valence-corrected chi connectivity index (χ4v) is 3.21. The molecule has 0 aliphatic heterocycles. The van der Waals surface area contributed by atoms with Gasteiger partial charge in [-0.1, -0.05) is 40.5 Å². The van der Waals surface area contributed by atoms with Crippen LogP contribution in [0.25, 0.3) is 0 Å². The zero-order valence-electron chi connectivity index (χ0n) is 12.3. The highest BCUT2D eigenvalue weighted by molar-refractivity contribution is 5.73. The summed E-state index contributed by atoms with van der Waals surface area (Å²) in [5.41, 5.74) is 0. The van der Waals surface area contributed by atoms with Gasteiger partial charge in [-0.2, -0.15) is 0 Å². The van der Waals surface area contributed by atoms with Crippen LogP contribution < -0.4 is 5.32 Å². The molecule has 18 heavy (non-hydrogen) atoms. The fraction of sp³-hybridized carbons (Fsp3) is 0.933. The van der Waals surface area contributed by atoms with Crippen LogP contribution in [0.4, 0.5) is 0 Å². The third kappa shape index (κ3) is 4.27. The topological polar surface area (TPSA) is 49.3 Å². The average Bonchev–Trinajstić information content (AvgIpc) is 2.29. The second-order valence-electron chi connectivity index (χ2n) is 6.27. The molecule has 0 saturated heterocycles. The summed E-state index contributed by atoms with van der Waals surface area (Å²) < 4.78 is 0. The quantitative estimate of drug-likeness (QED) is 0.765. The van der Waals surface area contributed by atoms with Gasteiger partial charge in [0.1, 0.15) is 6.04 Å². The molecule has 0 spiro atoms. The van der Waals surface area contributed by atoms with E-state index in [2.05, 4.69) is 19.2 Å². The molecule has 0 aromatic heterocycles. The number of rotatable bonds is 6. The molecule has 3 heteroatoms. The lowest BCUT2D eigenvalue weighted by molar-refractivity contribution is -0.141. The highest BCUT2D eigenvalue weighted by Crippen LogP contribution is 2.32. The van der Waals surface area contributed by atoms with E-state index < -0.39 is 12.0 Å². The van der Waals surface area contributed by atoms with E-state index in [-0.39, 0.29) is 5.92 Å². The second kappa shape index (κ2) is 7.13. The van der Waals surface area contributed by atoms with E-state index in [0.29, 0.717) is 12.0 Å². The molecule has 1 aliphatic carbocycles. The first kappa shape index (κ1) is 15.5. The highest BCUT2D eigenvalue weighted by Gasteiger charge is 2.30. The molecule has 1 fully saturated rings. The molecule has 0 aromatic carbocycles. The zero-order chi connectivity index (χ0) is 13.7. The number of carboxylic acids is 1. The lowest BCUT2D eigenvalue weighted by Gasteiger charge is -2.35. The third-order valence-electron chi connectivity index (χ3n) is 4.31. The summed E-state index contributed by atoms with van der Waals surface area (Å²) in [4.78, 5) is 11.3. The Balaban J connectivity index is 2.62. The number of hydrogen-bond donors (Lipinski definition) is 2. The summed E-state index contributed by atoms with van der Waals surface area (Å²) in [6.07, 6.45) is 6.15. The number of carboxylic acid groups (broad SMARTS) is 1. The molecule has 2 N–H and O–H groups in total. The van der Waals surface area contributed by atoms with Gasteiger partial charge in [-0.3, -0.25) is 4.79 Å². The lowest BCUT2D eigenvalue weighted by Crippen LogP contribution is -2.49. The van der Waals surface area contributed by atoms with Crippen molar-refractivity contribution in [2.75, 3.05) is 0 Å². The van der Waals surface area contributed by atoms with Gasteiger partial charge in [0.05, 0.1) is 0 Å². The largest absolute Gasteiger partial charge is 0.480 e. The monoisotopic (exact) mass is 255 g/mol. The Morgan fingerprint density at radius 2 is 2.06 bits per heavy atom. The number of hydrogen-bond acceptors (Lipinski definition) is 2. The van der Waals surface area contributed by atoms with Gasteiger partial charge in [0.2, 0.25) is 0 Å². The molecule has 4 unspecified atom stereocenters. The van der Waals surface area contributed by atoms with Crippen molar-refractivity contribution in [2.45, 2.75) is 71.9 Å². The van der Waals surface area contributed by atoms with Gasteiger partial charge in [-0.05, 0) is 37.0 Å². The first-order chi connectivity index (χ1) is 8.45. The summed E-state index contributed by atoms with van der Waals surface area (Å²) >= 11 is 0. The van der Waals surface area contributed by atoms with E-state index in [1.54, 1.807) is 0 Å². The van der Waals surface area contributed by atoms with E-state index in [1.165, 1.54) is 25.7 Å². The van der Waals surface area contributed by atoms with Crippen molar-refractivity contribution >= 4 is 5.97 Å². The SMILES string of the molecule is CCC(NC(C(=O)O)C(C)C)C1CCCC(C)C1. The summed E-state index contributed by atoms with van der Waals surface area (Å²) in [6.45, 7) is 8.43. The van der Waals surface area contributed by atoms with Crippen molar-refractivity contribution in [1.29, 1.82) is 0 Å². The van der Waals surface area contributed by atoms with Crippen molar-refractivity contribution in [3.63, 3.8) is 0 Å². The second-order valence-corrected chi connectivity index (χ2v) is 6.27. The summed E-state index contributed by atoms with van der Waals surface area (Å²) in [5, 5.41) is 12.7. The molecule has 0 radical (unpaired) electrons. The maximum absolute atomic E-state index is 11.3. The number of nitrogens with one attached hydrogen (secondary N) is 1. The third-order valence-corrected chi connectivity index (χ3v) is 4.31. The van der Waals surface area contributed by atoms with Crippen LogP contribution in [0.15, 0.2) is 0 Å². The minimum absolute atomic E-state index is 0.137. The first-order valence-corrected chi connectivity index (χ1v) is 7.44. The number of carbonyl (C=O) groups is 1. The van der Waals surface area contributed by atoms with Gasteiger partial charge in [0.15, 0.2) is 0 Å². The lowest BCUT2D eigenvalue weighted by atomic mass is 9.77. The molecular weight excluding hydrogens is 226 g/mol. The van der Waals surface area contributed by atoms with E-state index in [9.17, 15) is 9.90 Å². The Kier molecular flexibility index (Phi) is 6.13. The zero-order valence-corrected chi connectivity index (χ0v) is 12.3. The Morgan fingerprint density at radius 1 is 1.39 bits per heavy atom. The Hall–Kier alpha value is -0.570. The van der Waals surface area contributed by atoms with Gasteiger partial charge >= 0.3 is 5.97 Å². The van der Waals surface area contributed by atoms with Crippen LogP contribution in [-0.2, 0) is 4.79 Å². The van der Waals surface area contributed by atoms with Crippen molar-refractivity contribution < 1.29 is 9.90 Å². The Labute approximate surface area is 111 Å². The van der Waals surface area contributed by atoms with Gasteiger partial charge in [-0.25, -0.2) is 0 Å². The molecule has 0 amide bonds. The summed E-state index contributed by atoms with van der Waals surface area (Å²) in [6, 6.07) is -0.0524. The van der Waals surface area contributed by atoms with Gasteiger partial charge in [0, 0.05) is 6.04 Å². The molecule has 1 aliphatic rings. The van der Waals surface area contributed by atoms with E-state index >= 15 is 0 Å². The first-order valence-electron chi connectivity index (χ1n) is 7.44. The molecule has 3 nitrogen and oxygen atoms in total. The summed E-state index contributed by atoms with van der Waals surface area (Å²) in [7, 11) is 0. The number of aliphatic carboxylic acids is 1. The Morgan fingerprint density at radius 3 is 2.50 bits per heavy atom. The van der Waals surface area contributed by atoms with Crippen molar-refractivity contribution in [1.82, 2.24) is 5.32 Å². The van der Waals surface area contributed by atoms with Crippen LogP contribution in [0, 0.1) is 17.8 Å². The summed E-state index contributed by atoms with van der Waals surface area (Å²) in [5.74, 6) is 0.867. The average molecular weight is 255 g/mol. The molecule has 0 aromatic rings. The Bertz CT molecular complexity index is 265. The van der Waals surface area contributed by atoms with Crippen LogP contribution in [0.1, 0.15) is 59.8 Å². The van der Waals surface area contributed by atoms with Crippen molar-refractivity contribution in [3.8, 4) is 0 Å². The molecule has 4 atom stereocenters. The minimum Gasteiger partial charge on any atom is -0.480 e. The predicted octanol–water partition coefficient (Wildman–Crippen LogP) is 3.29. The van der Waals surface area contributed by atoms with Crippen LogP contribution in [0.5, 0.6) is 0 Å². The van der Waals surface area contributed by atoms with Gasteiger partial charge in [0.25, 0.3) is 0 Å². The smallest absolute Gasteiger partial charge is 0.320 e. The highest BCUT2D eigenvalue weighted by atomic mass is 16.4. The van der Waals surface area contributed by atoms with E-state index in [0.717, 1.165) is 12.3 Å². The van der Waals surface area contributed by atoms with Crippen LogP contribution in [0.3, 0.4) is 0 Å². The van der Waals surface area contributed by atoms with Crippen molar-refractivity contribution in [2.24, 2.45) is 17.8 Å². The fourth-order valence-electron chi connectivity index (χ4n) is 3.21. The molecule has 0 bridgehead atoms. The minimum atomic E-state index is -0.715. The molecular formula is C15H29NO2. The molecule has 1 saturated carbocycles.